The highest BCUT2D eigenvalue weighted by atomic mass is 79.9. The maximum Gasteiger partial charge on any atom is 0.181 e. The molecule has 0 N–H and O–H groups in total. The van der Waals surface area contributed by atoms with Gasteiger partial charge in [-0.15, -0.1) is 0 Å². The SMILES string of the molecule is COc1cc(-c2nc(-c3ccccc3)n(C)n2)ccc1Br. The highest BCUT2D eigenvalue weighted by Gasteiger charge is 2.12. The van der Waals surface area contributed by atoms with E-state index >= 15 is 0 Å². The second kappa shape index (κ2) is 5.69. The molecule has 0 fully saturated rings. The molecule has 0 amide bonds. The summed E-state index contributed by atoms with van der Waals surface area (Å²) in [4.78, 5) is 4.64. The van der Waals surface area contributed by atoms with E-state index < -0.39 is 0 Å². The van der Waals surface area contributed by atoms with Crippen LogP contribution in [-0.2, 0) is 7.05 Å². The Morgan fingerprint density at radius 3 is 2.52 bits per heavy atom. The number of halogens is 1. The first-order chi connectivity index (χ1) is 10.2. The molecule has 0 saturated heterocycles. The largest absolute Gasteiger partial charge is 0.496 e. The molecule has 106 valence electrons. The molecule has 5 heteroatoms. The summed E-state index contributed by atoms with van der Waals surface area (Å²) in [5, 5.41) is 4.50. The van der Waals surface area contributed by atoms with Crippen molar-refractivity contribution in [1.82, 2.24) is 14.8 Å². The molecular formula is C16H14BrN3O. The highest BCUT2D eigenvalue weighted by Crippen LogP contribution is 2.30. The third-order valence-corrected chi connectivity index (χ3v) is 3.86. The first-order valence-electron chi connectivity index (χ1n) is 6.49. The predicted molar refractivity (Wildman–Crippen MR) is 86.1 cm³/mol. The Labute approximate surface area is 131 Å². The van der Waals surface area contributed by atoms with Gasteiger partial charge in [0, 0.05) is 18.2 Å². The maximum absolute atomic E-state index is 5.32. The zero-order valence-electron chi connectivity index (χ0n) is 11.7. The fourth-order valence-corrected chi connectivity index (χ4v) is 2.55. The lowest BCUT2D eigenvalue weighted by Crippen LogP contribution is -1.94. The summed E-state index contributed by atoms with van der Waals surface area (Å²) in [5.74, 6) is 2.29. The average molecular weight is 344 g/mol. The molecule has 21 heavy (non-hydrogen) atoms. The van der Waals surface area contributed by atoms with Crippen LogP contribution in [0.3, 0.4) is 0 Å². The molecule has 3 rings (SSSR count). The summed E-state index contributed by atoms with van der Waals surface area (Å²) in [6.07, 6.45) is 0. The Morgan fingerprint density at radius 1 is 1.05 bits per heavy atom. The molecule has 0 bridgehead atoms. The lowest BCUT2D eigenvalue weighted by atomic mass is 10.2. The zero-order chi connectivity index (χ0) is 14.8. The molecule has 2 aromatic carbocycles. The minimum absolute atomic E-state index is 0.683. The number of hydrogen-bond donors (Lipinski definition) is 0. The van der Waals surface area contributed by atoms with Crippen LogP contribution in [0.4, 0.5) is 0 Å². The zero-order valence-corrected chi connectivity index (χ0v) is 13.3. The van der Waals surface area contributed by atoms with Gasteiger partial charge >= 0.3 is 0 Å². The van der Waals surface area contributed by atoms with Crippen LogP contribution in [-0.4, -0.2) is 21.9 Å². The van der Waals surface area contributed by atoms with Crippen LogP contribution < -0.4 is 4.74 Å². The third kappa shape index (κ3) is 2.69. The van der Waals surface area contributed by atoms with Gasteiger partial charge in [0.15, 0.2) is 11.6 Å². The lowest BCUT2D eigenvalue weighted by Gasteiger charge is -2.03. The Kier molecular flexibility index (Phi) is 3.75. The van der Waals surface area contributed by atoms with Crippen LogP contribution in [0.25, 0.3) is 22.8 Å². The third-order valence-electron chi connectivity index (χ3n) is 3.20. The summed E-state index contributed by atoms with van der Waals surface area (Å²) in [6.45, 7) is 0. The van der Waals surface area contributed by atoms with E-state index in [9.17, 15) is 0 Å². The molecule has 3 aromatic rings. The predicted octanol–water partition coefficient (Wildman–Crippen LogP) is 3.92. The number of aryl methyl sites for hydroxylation is 1. The first-order valence-corrected chi connectivity index (χ1v) is 7.28. The minimum atomic E-state index is 0.683. The fraction of sp³-hybridized carbons (Fsp3) is 0.125. The first kappa shape index (κ1) is 13.8. The molecular weight excluding hydrogens is 330 g/mol. The second-order valence-electron chi connectivity index (χ2n) is 4.60. The van der Waals surface area contributed by atoms with E-state index in [4.69, 9.17) is 4.74 Å². The number of methoxy groups -OCH3 is 1. The van der Waals surface area contributed by atoms with Crippen LogP contribution in [0.15, 0.2) is 53.0 Å². The molecule has 0 aliphatic rings. The van der Waals surface area contributed by atoms with Gasteiger partial charge in [0.25, 0.3) is 0 Å². The summed E-state index contributed by atoms with van der Waals surface area (Å²) in [5.41, 5.74) is 1.97. The molecule has 0 aliphatic heterocycles. The van der Waals surface area contributed by atoms with Gasteiger partial charge in [-0.25, -0.2) is 9.67 Å². The van der Waals surface area contributed by atoms with Crippen molar-refractivity contribution >= 4 is 15.9 Å². The Morgan fingerprint density at radius 2 is 1.81 bits per heavy atom. The summed E-state index contributed by atoms with van der Waals surface area (Å²) < 4.78 is 8.02. The van der Waals surface area contributed by atoms with E-state index in [1.54, 1.807) is 11.8 Å². The normalized spacial score (nSPS) is 10.6. The standard InChI is InChI=1S/C16H14BrN3O/c1-20-16(11-6-4-3-5-7-11)18-15(19-20)12-8-9-13(17)14(10-12)21-2/h3-10H,1-2H3. The summed E-state index contributed by atoms with van der Waals surface area (Å²) in [7, 11) is 3.54. The van der Waals surface area contributed by atoms with E-state index in [-0.39, 0.29) is 0 Å². The average Bonchev–Trinajstić information content (AvgIpc) is 2.90. The molecule has 0 spiro atoms. The van der Waals surface area contributed by atoms with Crippen LogP contribution in [0.5, 0.6) is 5.75 Å². The van der Waals surface area contributed by atoms with Crippen molar-refractivity contribution in [2.45, 2.75) is 0 Å². The van der Waals surface area contributed by atoms with Crippen molar-refractivity contribution in [1.29, 1.82) is 0 Å². The van der Waals surface area contributed by atoms with Crippen molar-refractivity contribution in [2.24, 2.45) is 7.05 Å². The molecule has 1 aromatic heterocycles. The number of ether oxygens (including phenoxy) is 1. The minimum Gasteiger partial charge on any atom is -0.496 e. The monoisotopic (exact) mass is 343 g/mol. The van der Waals surface area contributed by atoms with Crippen molar-refractivity contribution in [3.8, 4) is 28.5 Å². The summed E-state index contributed by atoms with van der Waals surface area (Å²) >= 11 is 3.45. The maximum atomic E-state index is 5.32. The number of rotatable bonds is 3. The molecule has 0 radical (unpaired) electrons. The van der Waals surface area contributed by atoms with Crippen LogP contribution in [0.2, 0.25) is 0 Å². The highest BCUT2D eigenvalue weighted by molar-refractivity contribution is 9.10. The second-order valence-corrected chi connectivity index (χ2v) is 5.45. The van der Waals surface area contributed by atoms with Gasteiger partial charge in [0.1, 0.15) is 5.75 Å². The Bertz CT molecular complexity index is 768. The number of hydrogen-bond acceptors (Lipinski definition) is 3. The van der Waals surface area contributed by atoms with Gasteiger partial charge in [-0.1, -0.05) is 30.3 Å². The van der Waals surface area contributed by atoms with E-state index in [2.05, 4.69) is 26.0 Å². The van der Waals surface area contributed by atoms with Gasteiger partial charge in [-0.3, -0.25) is 0 Å². The smallest absolute Gasteiger partial charge is 0.181 e. The van der Waals surface area contributed by atoms with E-state index in [1.807, 2.05) is 55.6 Å². The molecule has 0 atom stereocenters. The Balaban J connectivity index is 2.05. The van der Waals surface area contributed by atoms with Gasteiger partial charge < -0.3 is 4.74 Å². The molecule has 4 nitrogen and oxygen atoms in total. The topological polar surface area (TPSA) is 39.9 Å². The van der Waals surface area contributed by atoms with E-state index in [1.165, 1.54) is 0 Å². The van der Waals surface area contributed by atoms with E-state index in [0.29, 0.717) is 5.82 Å². The van der Waals surface area contributed by atoms with Gasteiger partial charge in [0.05, 0.1) is 11.6 Å². The molecule has 0 unspecified atom stereocenters. The van der Waals surface area contributed by atoms with E-state index in [0.717, 1.165) is 27.2 Å². The number of aromatic nitrogens is 3. The van der Waals surface area contributed by atoms with Crippen molar-refractivity contribution in [3.05, 3.63) is 53.0 Å². The van der Waals surface area contributed by atoms with Crippen molar-refractivity contribution in [3.63, 3.8) is 0 Å². The van der Waals surface area contributed by atoms with Gasteiger partial charge in [-0.05, 0) is 34.1 Å². The van der Waals surface area contributed by atoms with Crippen LogP contribution >= 0.6 is 15.9 Å². The quantitative estimate of drug-likeness (QED) is 0.723. The van der Waals surface area contributed by atoms with Crippen molar-refractivity contribution < 1.29 is 4.74 Å². The van der Waals surface area contributed by atoms with Crippen LogP contribution in [0.1, 0.15) is 0 Å². The molecule has 0 saturated carbocycles. The lowest BCUT2D eigenvalue weighted by molar-refractivity contribution is 0.412. The molecule has 0 aliphatic carbocycles. The Hall–Kier alpha value is -2.14. The van der Waals surface area contributed by atoms with Gasteiger partial charge in [-0.2, -0.15) is 5.10 Å². The number of nitrogens with zero attached hydrogens (tertiary/aromatic N) is 3. The molecule has 1 heterocycles. The summed E-state index contributed by atoms with van der Waals surface area (Å²) in [6, 6.07) is 15.8. The number of benzene rings is 2. The fourth-order valence-electron chi connectivity index (χ4n) is 2.14. The van der Waals surface area contributed by atoms with Crippen LogP contribution in [0, 0.1) is 0 Å². The van der Waals surface area contributed by atoms with Crippen molar-refractivity contribution in [2.75, 3.05) is 7.11 Å². The van der Waals surface area contributed by atoms with Gasteiger partial charge in [0.2, 0.25) is 0 Å².